The molecule has 0 saturated carbocycles. The first-order valence-electron chi connectivity index (χ1n) is 7.43. The number of hydrogen-bond donors (Lipinski definition) is 1. The van der Waals surface area contributed by atoms with E-state index in [0.717, 1.165) is 42.0 Å². The van der Waals surface area contributed by atoms with E-state index in [4.69, 9.17) is 9.47 Å². The minimum atomic E-state index is -0.489. The highest BCUT2D eigenvalue weighted by Gasteiger charge is 2.18. The summed E-state index contributed by atoms with van der Waals surface area (Å²) in [6, 6.07) is 6.08. The molecule has 1 amide bonds. The largest absolute Gasteiger partial charge is 0.444 e. The van der Waals surface area contributed by atoms with Gasteiger partial charge in [0.2, 0.25) is 0 Å². The smallest absolute Gasteiger partial charge is 0.407 e. The summed E-state index contributed by atoms with van der Waals surface area (Å²) >= 11 is 3.51. The zero-order valence-electron chi connectivity index (χ0n) is 13.3. The van der Waals surface area contributed by atoms with E-state index < -0.39 is 11.7 Å². The van der Waals surface area contributed by atoms with Crippen molar-refractivity contribution in [3.05, 3.63) is 28.2 Å². The number of anilines is 1. The lowest BCUT2D eigenvalue weighted by molar-refractivity contribution is 0.0523. The quantitative estimate of drug-likeness (QED) is 0.886. The maximum atomic E-state index is 11.8. The summed E-state index contributed by atoms with van der Waals surface area (Å²) < 4.78 is 11.7. The van der Waals surface area contributed by atoms with E-state index in [9.17, 15) is 4.79 Å². The van der Waals surface area contributed by atoms with Crippen molar-refractivity contribution in [2.45, 2.75) is 32.9 Å². The van der Waals surface area contributed by atoms with Crippen LogP contribution < -0.4 is 10.2 Å². The van der Waals surface area contributed by atoms with Gasteiger partial charge in [-0.15, -0.1) is 0 Å². The van der Waals surface area contributed by atoms with E-state index in [2.05, 4.69) is 32.2 Å². The average molecular weight is 371 g/mol. The first-order chi connectivity index (χ1) is 10.3. The number of carbonyl (C=O) groups excluding carboxylic acids is 1. The van der Waals surface area contributed by atoms with Crippen LogP contribution in [0.3, 0.4) is 0 Å². The summed E-state index contributed by atoms with van der Waals surface area (Å²) in [5.41, 5.74) is 1.70. The summed E-state index contributed by atoms with van der Waals surface area (Å²) in [7, 11) is 0. The van der Waals surface area contributed by atoms with Gasteiger partial charge in [0, 0.05) is 29.8 Å². The molecule has 0 unspecified atom stereocenters. The molecule has 22 heavy (non-hydrogen) atoms. The SMILES string of the molecule is CC(C)(C)OC(=O)NCc1ccc(Br)cc1N1CCOCC1. The molecule has 0 aromatic heterocycles. The second-order valence-corrected chi connectivity index (χ2v) is 7.14. The van der Waals surface area contributed by atoms with Gasteiger partial charge in [0.05, 0.1) is 13.2 Å². The topological polar surface area (TPSA) is 50.8 Å². The zero-order chi connectivity index (χ0) is 16.2. The molecule has 2 rings (SSSR count). The molecule has 0 spiro atoms. The zero-order valence-corrected chi connectivity index (χ0v) is 14.9. The third-order valence-corrected chi connectivity index (χ3v) is 3.71. The molecule has 1 aliphatic rings. The predicted octanol–water partition coefficient (Wildman–Crippen LogP) is 3.31. The number of amides is 1. The molecule has 1 fully saturated rings. The van der Waals surface area contributed by atoms with Gasteiger partial charge in [0.15, 0.2) is 0 Å². The van der Waals surface area contributed by atoms with E-state index >= 15 is 0 Å². The minimum absolute atomic E-state index is 0.400. The molecule has 1 aromatic carbocycles. The Morgan fingerprint density at radius 2 is 2.05 bits per heavy atom. The van der Waals surface area contributed by atoms with E-state index in [-0.39, 0.29) is 0 Å². The number of nitrogens with one attached hydrogen (secondary N) is 1. The van der Waals surface area contributed by atoms with Crippen LogP contribution in [0.1, 0.15) is 26.3 Å². The van der Waals surface area contributed by atoms with E-state index in [0.29, 0.717) is 6.54 Å². The fraction of sp³-hybridized carbons (Fsp3) is 0.562. The van der Waals surface area contributed by atoms with Crippen LogP contribution in [0.15, 0.2) is 22.7 Å². The number of ether oxygens (including phenoxy) is 2. The van der Waals surface area contributed by atoms with Gasteiger partial charge in [-0.25, -0.2) is 4.79 Å². The van der Waals surface area contributed by atoms with Gasteiger partial charge in [-0.3, -0.25) is 0 Å². The molecule has 0 radical (unpaired) electrons. The highest BCUT2D eigenvalue weighted by molar-refractivity contribution is 9.10. The van der Waals surface area contributed by atoms with Gasteiger partial charge in [0.1, 0.15) is 5.60 Å². The Kier molecular flexibility index (Phi) is 5.69. The number of alkyl carbamates (subject to hydrolysis) is 1. The summed E-state index contributed by atoms with van der Waals surface area (Å²) in [4.78, 5) is 14.1. The Hall–Kier alpha value is -1.27. The maximum absolute atomic E-state index is 11.8. The standard InChI is InChI=1S/C16H23BrN2O3/c1-16(2,3)22-15(20)18-11-12-4-5-13(17)10-14(12)19-6-8-21-9-7-19/h4-5,10H,6-9,11H2,1-3H3,(H,18,20). The van der Waals surface area contributed by atoms with Crippen molar-refractivity contribution < 1.29 is 14.3 Å². The van der Waals surface area contributed by atoms with Gasteiger partial charge in [-0.1, -0.05) is 22.0 Å². The molecule has 0 aliphatic carbocycles. The highest BCUT2D eigenvalue weighted by atomic mass is 79.9. The molecule has 1 aromatic rings. The molecule has 1 saturated heterocycles. The molecule has 0 bridgehead atoms. The van der Waals surface area contributed by atoms with Crippen LogP contribution in [-0.4, -0.2) is 38.0 Å². The normalized spacial score (nSPS) is 15.5. The molecule has 1 heterocycles. The van der Waals surface area contributed by atoms with E-state index in [1.165, 1.54) is 0 Å². The van der Waals surface area contributed by atoms with Gasteiger partial charge < -0.3 is 19.7 Å². The van der Waals surface area contributed by atoms with Crippen molar-refractivity contribution in [1.82, 2.24) is 5.32 Å². The number of morpholine rings is 1. The monoisotopic (exact) mass is 370 g/mol. The summed E-state index contributed by atoms with van der Waals surface area (Å²) in [5, 5.41) is 2.82. The molecule has 1 aliphatic heterocycles. The fourth-order valence-electron chi connectivity index (χ4n) is 2.27. The van der Waals surface area contributed by atoms with Gasteiger partial charge in [-0.05, 0) is 38.5 Å². The summed E-state index contributed by atoms with van der Waals surface area (Å²) in [5.74, 6) is 0. The molecule has 6 heteroatoms. The number of nitrogens with zero attached hydrogens (tertiary/aromatic N) is 1. The van der Waals surface area contributed by atoms with Crippen LogP contribution in [0.4, 0.5) is 10.5 Å². The first kappa shape index (κ1) is 17.1. The third-order valence-electron chi connectivity index (χ3n) is 3.22. The summed E-state index contributed by atoms with van der Waals surface area (Å²) in [6.07, 6.45) is -0.400. The van der Waals surface area contributed by atoms with E-state index in [1.807, 2.05) is 32.9 Å². The first-order valence-corrected chi connectivity index (χ1v) is 8.22. The molecule has 1 N–H and O–H groups in total. The third kappa shape index (κ3) is 5.18. The Bertz CT molecular complexity index is 523. The van der Waals surface area contributed by atoms with Crippen LogP contribution in [0.2, 0.25) is 0 Å². The lowest BCUT2D eigenvalue weighted by Crippen LogP contribution is -2.37. The van der Waals surface area contributed by atoms with Gasteiger partial charge in [0.25, 0.3) is 0 Å². The van der Waals surface area contributed by atoms with Gasteiger partial charge >= 0.3 is 6.09 Å². The number of halogens is 1. The maximum Gasteiger partial charge on any atom is 0.407 e. The van der Waals surface area contributed by atoms with Crippen LogP contribution in [0.5, 0.6) is 0 Å². The number of rotatable bonds is 3. The van der Waals surface area contributed by atoms with Crippen LogP contribution in [0, 0.1) is 0 Å². The second-order valence-electron chi connectivity index (χ2n) is 6.23. The predicted molar refractivity (Wildman–Crippen MR) is 90.2 cm³/mol. The molecule has 122 valence electrons. The van der Waals surface area contributed by atoms with Crippen molar-refractivity contribution >= 4 is 27.7 Å². The van der Waals surface area contributed by atoms with Gasteiger partial charge in [-0.2, -0.15) is 0 Å². The average Bonchev–Trinajstić information content (AvgIpc) is 2.45. The van der Waals surface area contributed by atoms with E-state index in [1.54, 1.807) is 0 Å². The van der Waals surface area contributed by atoms with Crippen molar-refractivity contribution in [3.63, 3.8) is 0 Å². The number of hydrogen-bond acceptors (Lipinski definition) is 4. The van der Waals surface area contributed by atoms with Crippen LogP contribution >= 0.6 is 15.9 Å². The fourth-order valence-corrected chi connectivity index (χ4v) is 2.62. The lowest BCUT2D eigenvalue weighted by atomic mass is 10.1. The van der Waals surface area contributed by atoms with Crippen molar-refractivity contribution in [3.8, 4) is 0 Å². The second kappa shape index (κ2) is 7.33. The summed E-state index contributed by atoms with van der Waals surface area (Å²) in [6.45, 7) is 9.17. The highest BCUT2D eigenvalue weighted by Crippen LogP contribution is 2.26. The lowest BCUT2D eigenvalue weighted by Gasteiger charge is -2.31. The Labute approximate surface area is 140 Å². The van der Waals surface area contributed by atoms with Crippen LogP contribution in [0.25, 0.3) is 0 Å². The van der Waals surface area contributed by atoms with Crippen molar-refractivity contribution in [1.29, 1.82) is 0 Å². The number of carbonyl (C=O) groups is 1. The Morgan fingerprint density at radius 3 is 2.68 bits per heavy atom. The Balaban J connectivity index is 2.05. The molecule has 0 atom stereocenters. The molecular formula is C16H23BrN2O3. The van der Waals surface area contributed by atoms with Crippen molar-refractivity contribution in [2.75, 3.05) is 31.2 Å². The number of benzene rings is 1. The minimum Gasteiger partial charge on any atom is -0.444 e. The van der Waals surface area contributed by atoms with Crippen LogP contribution in [-0.2, 0) is 16.0 Å². The molecular weight excluding hydrogens is 348 g/mol. The molecule has 5 nitrogen and oxygen atoms in total. The Morgan fingerprint density at radius 1 is 1.36 bits per heavy atom. The van der Waals surface area contributed by atoms with Crippen molar-refractivity contribution in [2.24, 2.45) is 0 Å².